The fraction of sp³-hybridized carbons (Fsp3) is 0.364. The molecule has 0 fully saturated rings. The van der Waals surface area contributed by atoms with Crippen molar-refractivity contribution in [3.05, 3.63) is 117 Å². The molecule has 4 aromatic carbocycles. The van der Waals surface area contributed by atoms with Gasteiger partial charge in [-0.1, -0.05) is 95.1 Å². The molecule has 0 atom stereocenters. The number of nitrogens with one attached hydrogen (secondary N) is 4. The molecule has 0 saturated heterocycles. The minimum atomic E-state index is -10.7. The van der Waals surface area contributed by atoms with Crippen molar-refractivity contribution in [3.63, 3.8) is 0 Å². The Bertz CT molecular complexity index is 2050. The standard InChI is InChI=1S/2C22H30N4O2.2F6P.2Fe/c2*1-17-3-5-21(27)19(13-17)15-25-11-9-23-7-8-24-10-12-26-16-20-14-18(2)4-6-22(20)28;2*1-7(2,3,4,5)6;;/h2*3-6,13-16,23-24,27-28H,7-12H2,1-2H3;;;;/q;;2*-1;2*+5/p-4. The minimum absolute atomic E-state index is 0. The summed E-state index contributed by atoms with van der Waals surface area (Å²) < 4.78 is 118. The van der Waals surface area contributed by atoms with E-state index >= 15 is 0 Å². The average molecular weight is 1160 g/mol. The van der Waals surface area contributed by atoms with Crippen molar-refractivity contribution >= 4 is 40.5 Å². The van der Waals surface area contributed by atoms with Crippen LogP contribution in [0.4, 0.5) is 50.4 Å². The SMILES string of the molecule is Cc1ccc([O-])c(C=NCCNCCNCCN=Cc2cc(C)ccc2[O-])c1.Cc1ccc([O-])c(C=NCCNCCNCCN=Cc2cc(C)ccc2[O-])c1.F[P-](F)(F)(F)(F)F.F[P-](F)(F)(F)(F)F.[Fe+5].[Fe+5]. The molecule has 4 rings (SSSR count). The largest absolute Gasteiger partial charge is 5.00 e. The summed E-state index contributed by atoms with van der Waals surface area (Å²) in [5.74, 6) is 0.0113. The van der Waals surface area contributed by atoms with E-state index in [0.29, 0.717) is 48.4 Å². The molecular formula is C44H56F12Fe2N8O4P2+4. The number of hydrogen-bond donors (Lipinski definition) is 4. The van der Waals surface area contributed by atoms with Gasteiger partial charge < -0.3 is 41.7 Å². The van der Waals surface area contributed by atoms with Crippen LogP contribution < -0.4 is 41.7 Å². The first kappa shape index (κ1) is 69.7. The Hall–Kier alpha value is -4.34. The Kier molecular flexibility index (Phi) is 29.2. The molecule has 4 N–H and O–H groups in total. The van der Waals surface area contributed by atoms with Crippen LogP contribution >= 0.6 is 15.6 Å². The third kappa shape index (κ3) is 45.5. The summed E-state index contributed by atoms with van der Waals surface area (Å²) in [6.45, 7) is 16.7. The van der Waals surface area contributed by atoms with Crippen molar-refractivity contribution in [2.75, 3.05) is 78.5 Å². The zero-order valence-electron chi connectivity index (χ0n) is 39.3. The van der Waals surface area contributed by atoms with E-state index in [1.165, 1.54) is 0 Å². The Morgan fingerprint density at radius 3 is 0.681 bits per heavy atom. The second-order valence-electron chi connectivity index (χ2n) is 15.2. The van der Waals surface area contributed by atoms with Gasteiger partial charge in [0, 0.05) is 77.2 Å². The molecule has 0 heterocycles. The van der Waals surface area contributed by atoms with Gasteiger partial charge >= 0.3 is 100 Å². The molecule has 72 heavy (non-hydrogen) atoms. The normalized spacial score (nSPS) is 13.6. The Balaban J connectivity index is 0. The topological polar surface area (TPSA) is 190 Å². The number of rotatable bonds is 22. The van der Waals surface area contributed by atoms with Crippen LogP contribution in [0.2, 0.25) is 0 Å². The summed E-state index contributed by atoms with van der Waals surface area (Å²) in [6, 6.07) is 20.9. The molecule has 28 heteroatoms. The summed E-state index contributed by atoms with van der Waals surface area (Å²) in [5.41, 5.74) is 6.77. The summed E-state index contributed by atoms with van der Waals surface area (Å²) >= 11 is 0. The number of aliphatic imine (C=N–C) groups is 4. The smallest absolute Gasteiger partial charge is 5.00 e. The van der Waals surface area contributed by atoms with E-state index in [9.17, 15) is 70.8 Å². The van der Waals surface area contributed by atoms with E-state index in [4.69, 9.17) is 0 Å². The number of halogens is 12. The van der Waals surface area contributed by atoms with Crippen LogP contribution in [0.5, 0.6) is 23.0 Å². The first-order valence-electron chi connectivity index (χ1n) is 21.1. The van der Waals surface area contributed by atoms with Gasteiger partial charge in [-0.3, -0.25) is 20.0 Å². The summed E-state index contributed by atoms with van der Waals surface area (Å²) in [5, 5.41) is 59.8. The van der Waals surface area contributed by atoms with E-state index < -0.39 is 15.6 Å². The molecule has 0 bridgehead atoms. The molecule has 402 valence electrons. The molecule has 0 aromatic heterocycles. The molecule has 0 aliphatic rings. The zero-order chi connectivity index (χ0) is 53.2. The predicted octanol–water partition coefficient (Wildman–Crippen LogP) is 9.10. The van der Waals surface area contributed by atoms with E-state index in [1.54, 1.807) is 49.1 Å². The van der Waals surface area contributed by atoms with Gasteiger partial charge in [0.15, 0.2) is 0 Å². The number of benzene rings is 4. The van der Waals surface area contributed by atoms with E-state index in [2.05, 4.69) is 41.2 Å². The van der Waals surface area contributed by atoms with Gasteiger partial charge in [-0.2, -0.15) is 0 Å². The van der Waals surface area contributed by atoms with Crippen LogP contribution in [0.15, 0.2) is 92.8 Å². The monoisotopic (exact) mass is 1160 g/mol. The van der Waals surface area contributed by atoms with Crippen LogP contribution in [-0.2, 0) is 34.1 Å². The van der Waals surface area contributed by atoms with Crippen LogP contribution in [0, 0.1) is 27.7 Å². The average Bonchev–Trinajstić information content (AvgIpc) is 3.21. The molecule has 0 aliphatic heterocycles. The number of aryl methyl sites for hydroxylation is 4. The maximum atomic E-state index is 11.7. The number of hydrogen-bond acceptors (Lipinski definition) is 12. The van der Waals surface area contributed by atoms with Crippen LogP contribution in [-0.4, -0.2) is 103 Å². The Morgan fingerprint density at radius 2 is 0.514 bits per heavy atom. The van der Waals surface area contributed by atoms with Crippen molar-refractivity contribution in [2.45, 2.75) is 27.7 Å². The van der Waals surface area contributed by atoms with Crippen LogP contribution in [0.1, 0.15) is 44.5 Å². The summed E-state index contributed by atoms with van der Waals surface area (Å²) in [6.07, 6.45) is 6.59. The molecule has 0 amide bonds. The van der Waals surface area contributed by atoms with Crippen molar-refractivity contribution in [1.82, 2.24) is 21.3 Å². The van der Waals surface area contributed by atoms with Crippen molar-refractivity contribution in [3.8, 4) is 23.0 Å². The van der Waals surface area contributed by atoms with Gasteiger partial charge in [0.05, 0.1) is 26.2 Å². The van der Waals surface area contributed by atoms with Crippen molar-refractivity contribution in [2.24, 2.45) is 20.0 Å². The minimum Gasteiger partial charge on any atom is 5.00 e. The summed E-state index contributed by atoms with van der Waals surface area (Å²) in [7, 11) is -21.3. The van der Waals surface area contributed by atoms with Crippen molar-refractivity contribution in [1.29, 1.82) is 0 Å². The van der Waals surface area contributed by atoms with E-state index in [1.807, 2.05) is 76.2 Å². The van der Waals surface area contributed by atoms with Gasteiger partial charge in [-0.05, 0) is 49.9 Å². The van der Waals surface area contributed by atoms with Gasteiger partial charge in [-0.25, -0.2) is 0 Å². The summed E-state index contributed by atoms with van der Waals surface area (Å²) in [4.78, 5) is 17.2. The first-order valence-corrected chi connectivity index (χ1v) is 25.1. The van der Waals surface area contributed by atoms with Gasteiger partial charge in [0.2, 0.25) is 0 Å². The molecule has 0 aliphatic carbocycles. The maximum absolute atomic E-state index is 11.7. The number of nitrogens with zero attached hydrogens (tertiary/aromatic N) is 4. The molecule has 0 saturated carbocycles. The van der Waals surface area contributed by atoms with Gasteiger partial charge in [0.1, 0.15) is 0 Å². The first-order chi connectivity index (χ1) is 32.0. The van der Waals surface area contributed by atoms with Gasteiger partial charge in [-0.15, -0.1) is 23.0 Å². The fourth-order valence-corrected chi connectivity index (χ4v) is 5.15. The fourth-order valence-electron chi connectivity index (χ4n) is 5.15. The Morgan fingerprint density at radius 1 is 0.347 bits per heavy atom. The quantitative estimate of drug-likeness (QED) is 0.0197. The second-order valence-corrected chi connectivity index (χ2v) is 19.1. The molecular weight excluding hydrogens is 1110 g/mol. The van der Waals surface area contributed by atoms with Gasteiger partial charge in [0.25, 0.3) is 0 Å². The van der Waals surface area contributed by atoms with Crippen LogP contribution in [0.3, 0.4) is 0 Å². The Labute approximate surface area is 431 Å². The van der Waals surface area contributed by atoms with E-state index in [-0.39, 0.29) is 57.1 Å². The zero-order valence-corrected chi connectivity index (χ0v) is 43.3. The predicted molar refractivity (Wildman–Crippen MR) is 251 cm³/mol. The maximum Gasteiger partial charge on any atom is 5.00 e. The van der Waals surface area contributed by atoms with E-state index in [0.717, 1.165) is 74.6 Å². The van der Waals surface area contributed by atoms with Crippen LogP contribution in [0.25, 0.3) is 0 Å². The molecule has 4 aromatic rings. The third-order valence-electron chi connectivity index (χ3n) is 8.21. The molecule has 2 radical (unpaired) electrons. The third-order valence-corrected chi connectivity index (χ3v) is 8.21. The molecule has 12 nitrogen and oxygen atoms in total. The second kappa shape index (κ2) is 30.1. The molecule has 0 unspecified atom stereocenters. The van der Waals surface area contributed by atoms with Crippen molar-refractivity contribution < 1.29 is 105 Å². The molecule has 0 spiro atoms.